The fourth-order valence-electron chi connectivity index (χ4n) is 4.54. The number of piperidine rings is 2. The monoisotopic (exact) mass is 382 g/mol. The smallest absolute Gasteiger partial charge is 0.225 e. The average molecular weight is 383 g/mol. The molecule has 1 spiro atoms. The molecule has 4 heteroatoms. The second-order valence-electron chi connectivity index (χ2n) is 7.49. The second kappa shape index (κ2) is 13.3. The molecule has 1 atom stereocenters. The third kappa shape index (κ3) is 6.58. The maximum absolute atomic E-state index is 12.7. The van der Waals surface area contributed by atoms with Gasteiger partial charge in [-0.1, -0.05) is 48.0 Å². The van der Waals surface area contributed by atoms with Gasteiger partial charge in [0.1, 0.15) is 5.78 Å². The number of amides is 1. The van der Waals surface area contributed by atoms with Gasteiger partial charge in [-0.25, -0.2) is 0 Å². The summed E-state index contributed by atoms with van der Waals surface area (Å²) in [6, 6.07) is 0. The molecular formula is C23H46N2O2. The predicted octanol–water partition coefficient (Wildman–Crippen LogP) is 5.01. The zero-order valence-corrected chi connectivity index (χ0v) is 19.4. The van der Waals surface area contributed by atoms with Gasteiger partial charge in [0.05, 0.1) is 0 Å². The van der Waals surface area contributed by atoms with Crippen molar-refractivity contribution in [3.05, 3.63) is 0 Å². The van der Waals surface area contributed by atoms with E-state index in [4.69, 9.17) is 0 Å². The molecular weight excluding hydrogens is 336 g/mol. The van der Waals surface area contributed by atoms with Crippen molar-refractivity contribution in [2.24, 2.45) is 17.3 Å². The molecule has 1 aliphatic carbocycles. The van der Waals surface area contributed by atoms with Gasteiger partial charge in [-0.3, -0.25) is 9.59 Å². The van der Waals surface area contributed by atoms with Crippen molar-refractivity contribution in [2.45, 2.75) is 87.0 Å². The fraction of sp³-hybridized carbons (Fsp3) is 0.913. The Hall–Kier alpha value is -0.900. The lowest BCUT2D eigenvalue weighted by molar-refractivity contribution is -0.147. The molecule has 1 amide bonds. The third-order valence-corrected chi connectivity index (χ3v) is 6.24. The molecule has 2 aliphatic heterocycles. The predicted molar refractivity (Wildman–Crippen MR) is 116 cm³/mol. The minimum atomic E-state index is 0.0928. The first-order valence-corrected chi connectivity index (χ1v) is 11.5. The number of nitrogens with zero attached hydrogens (tertiary/aromatic N) is 2. The van der Waals surface area contributed by atoms with Crippen LogP contribution in [0.5, 0.6) is 0 Å². The number of Topliss-reactive ketones (excluding diaryl/α,β-unsaturated/α-hetero) is 1. The lowest BCUT2D eigenvalue weighted by Gasteiger charge is -2.53. The summed E-state index contributed by atoms with van der Waals surface area (Å²) < 4.78 is 0. The number of likely N-dealkylation sites (tertiary alicyclic amines) is 2. The zero-order valence-electron chi connectivity index (χ0n) is 19.4. The molecule has 3 rings (SSSR count). The van der Waals surface area contributed by atoms with Gasteiger partial charge in [-0.15, -0.1) is 0 Å². The normalized spacial score (nSPS) is 24.1. The van der Waals surface area contributed by atoms with Gasteiger partial charge in [0, 0.05) is 24.9 Å². The van der Waals surface area contributed by atoms with Gasteiger partial charge in [0.15, 0.2) is 0 Å². The lowest BCUT2D eigenvalue weighted by atomic mass is 9.56. The van der Waals surface area contributed by atoms with Crippen LogP contribution >= 0.6 is 0 Å². The van der Waals surface area contributed by atoms with E-state index in [0.29, 0.717) is 12.5 Å². The molecule has 3 fully saturated rings. The molecule has 0 bridgehead atoms. The van der Waals surface area contributed by atoms with Crippen LogP contribution in [0, 0.1) is 17.3 Å². The molecule has 1 unspecified atom stereocenters. The molecule has 0 aromatic heterocycles. The van der Waals surface area contributed by atoms with E-state index in [2.05, 4.69) is 11.9 Å². The number of rotatable bonds is 2. The fourth-order valence-corrected chi connectivity index (χ4v) is 4.54. The standard InChI is InChI=1S/C17H28N2O2.3C2H6/c1-13(20)15-12-19(11-8-17(15)6-3-7-17)16(21)14-4-9-18(2)10-5-14;3*1-2/h14-15H,3-12H2,1-2H3;3*1-2H3. The van der Waals surface area contributed by atoms with E-state index >= 15 is 0 Å². The summed E-state index contributed by atoms with van der Waals surface area (Å²) in [7, 11) is 2.12. The van der Waals surface area contributed by atoms with Gasteiger partial charge < -0.3 is 9.80 Å². The van der Waals surface area contributed by atoms with E-state index in [1.807, 2.05) is 46.4 Å². The summed E-state index contributed by atoms with van der Waals surface area (Å²) >= 11 is 0. The summed E-state index contributed by atoms with van der Waals surface area (Å²) in [4.78, 5) is 29.1. The highest BCUT2D eigenvalue weighted by Crippen LogP contribution is 2.52. The van der Waals surface area contributed by atoms with Gasteiger partial charge >= 0.3 is 0 Å². The third-order valence-electron chi connectivity index (χ3n) is 6.24. The maximum atomic E-state index is 12.7. The Balaban J connectivity index is 0.00000103. The Bertz CT molecular complexity index is 424. The van der Waals surface area contributed by atoms with E-state index in [9.17, 15) is 9.59 Å². The molecule has 27 heavy (non-hydrogen) atoms. The van der Waals surface area contributed by atoms with Crippen LogP contribution in [0.15, 0.2) is 0 Å². The topological polar surface area (TPSA) is 40.6 Å². The van der Waals surface area contributed by atoms with Crippen molar-refractivity contribution in [2.75, 3.05) is 33.2 Å². The van der Waals surface area contributed by atoms with E-state index < -0.39 is 0 Å². The first-order valence-electron chi connectivity index (χ1n) is 11.5. The minimum Gasteiger partial charge on any atom is -0.342 e. The van der Waals surface area contributed by atoms with Crippen molar-refractivity contribution in [3.63, 3.8) is 0 Å². The second-order valence-corrected chi connectivity index (χ2v) is 7.49. The molecule has 3 aliphatic rings. The van der Waals surface area contributed by atoms with Crippen molar-refractivity contribution in [3.8, 4) is 0 Å². The summed E-state index contributed by atoms with van der Waals surface area (Å²) in [5.41, 5.74) is 0.245. The van der Waals surface area contributed by atoms with E-state index in [-0.39, 0.29) is 23.0 Å². The summed E-state index contributed by atoms with van der Waals surface area (Å²) in [6.07, 6.45) is 6.62. The van der Waals surface area contributed by atoms with Crippen LogP contribution in [0.2, 0.25) is 0 Å². The average Bonchev–Trinajstić information content (AvgIpc) is 2.71. The van der Waals surface area contributed by atoms with Crippen molar-refractivity contribution >= 4 is 11.7 Å². The van der Waals surface area contributed by atoms with Crippen molar-refractivity contribution < 1.29 is 9.59 Å². The van der Waals surface area contributed by atoms with Gasteiger partial charge in [0.2, 0.25) is 5.91 Å². The number of hydrogen-bond acceptors (Lipinski definition) is 3. The van der Waals surface area contributed by atoms with Crippen LogP contribution in [0.1, 0.15) is 87.0 Å². The molecule has 0 aromatic rings. The lowest BCUT2D eigenvalue weighted by Crippen LogP contribution is -2.55. The molecule has 2 heterocycles. The quantitative estimate of drug-likeness (QED) is 0.673. The van der Waals surface area contributed by atoms with Crippen LogP contribution in [0.25, 0.3) is 0 Å². The van der Waals surface area contributed by atoms with E-state index in [1.54, 1.807) is 6.92 Å². The van der Waals surface area contributed by atoms with Crippen LogP contribution < -0.4 is 0 Å². The first-order chi connectivity index (χ1) is 13.0. The van der Waals surface area contributed by atoms with Gasteiger partial charge in [-0.2, -0.15) is 0 Å². The molecule has 160 valence electrons. The molecule has 2 saturated heterocycles. The Morgan fingerprint density at radius 2 is 1.37 bits per heavy atom. The molecule has 0 N–H and O–H groups in total. The number of carbonyl (C=O) groups excluding carboxylic acids is 2. The van der Waals surface area contributed by atoms with E-state index in [1.165, 1.54) is 19.3 Å². The number of carbonyl (C=O) groups is 2. The Kier molecular flexibility index (Phi) is 12.9. The Morgan fingerprint density at radius 3 is 1.78 bits per heavy atom. The highest BCUT2D eigenvalue weighted by Gasteiger charge is 2.50. The Morgan fingerprint density at radius 1 is 0.852 bits per heavy atom. The zero-order chi connectivity index (χ0) is 21.0. The minimum absolute atomic E-state index is 0.0928. The molecule has 0 radical (unpaired) electrons. The highest BCUT2D eigenvalue weighted by molar-refractivity contribution is 5.83. The van der Waals surface area contributed by atoms with Crippen LogP contribution in [0.3, 0.4) is 0 Å². The van der Waals surface area contributed by atoms with Crippen molar-refractivity contribution in [1.82, 2.24) is 9.80 Å². The maximum Gasteiger partial charge on any atom is 0.225 e. The summed E-state index contributed by atoms with van der Waals surface area (Å²) in [5.74, 6) is 0.874. The molecule has 0 aromatic carbocycles. The van der Waals surface area contributed by atoms with Gasteiger partial charge in [-0.05, 0) is 64.6 Å². The Labute approximate surface area is 169 Å². The molecule has 4 nitrogen and oxygen atoms in total. The van der Waals surface area contributed by atoms with E-state index in [0.717, 1.165) is 38.9 Å². The van der Waals surface area contributed by atoms with Gasteiger partial charge in [0.25, 0.3) is 0 Å². The number of hydrogen-bond donors (Lipinski definition) is 0. The number of ketones is 1. The van der Waals surface area contributed by atoms with Crippen LogP contribution in [-0.4, -0.2) is 54.7 Å². The first kappa shape index (κ1) is 26.1. The van der Waals surface area contributed by atoms with Crippen LogP contribution in [0.4, 0.5) is 0 Å². The SMILES string of the molecule is CC.CC.CC.CC(=O)C1CN(C(=O)C2CCN(C)CC2)CCC12CCC2. The van der Waals surface area contributed by atoms with Crippen LogP contribution in [-0.2, 0) is 9.59 Å². The molecule has 1 saturated carbocycles. The highest BCUT2D eigenvalue weighted by atomic mass is 16.2. The summed E-state index contributed by atoms with van der Waals surface area (Å²) in [6.45, 7) is 17.3. The summed E-state index contributed by atoms with van der Waals surface area (Å²) in [5, 5.41) is 0. The van der Waals surface area contributed by atoms with Crippen molar-refractivity contribution in [1.29, 1.82) is 0 Å². The largest absolute Gasteiger partial charge is 0.342 e.